The first kappa shape index (κ1) is 17.7. The molecule has 7 nitrogen and oxygen atoms in total. The number of nitrogens with zero attached hydrogens (tertiary/aromatic N) is 3. The third-order valence-electron chi connectivity index (χ3n) is 2.78. The first-order valence-electron chi connectivity index (χ1n) is 7.40. The molecule has 0 aliphatic rings. The van der Waals surface area contributed by atoms with E-state index in [2.05, 4.69) is 39.8 Å². The molecule has 0 atom stereocenters. The van der Waals surface area contributed by atoms with Gasteiger partial charge in [-0.05, 0) is 11.8 Å². The third kappa shape index (κ3) is 5.83. The van der Waals surface area contributed by atoms with Crippen LogP contribution < -0.4 is 10.6 Å². The van der Waals surface area contributed by atoms with Crippen LogP contribution in [0.5, 0.6) is 0 Å². The molecule has 0 radical (unpaired) electrons. The predicted molar refractivity (Wildman–Crippen MR) is 93.2 cm³/mol. The summed E-state index contributed by atoms with van der Waals surface area (Å²) in [6.45, 7) is 9.13. The number of thioether (sulfide) groups is 1. The van der Waals surface area contributed by atoms with Crippen molar-refractivity contribution in [3.05, 3.63) is 11.8 Å². The topological polar surface area (TPSA) is 92.9 Å². The summed E-state index contributed by atoms with van der Waals surface area (Å²) in [6, 6.07) is 1.74. The summed E-state index contributed by atoms with van der Waals surface area (Å²) in [5, 5.41) is 18.7. The average Bonchev–Trinajstić information content (AvgIpc) is 3.12. The normalized spacial score (nSPS) is 11.2. The molecule has 0 aromatic carbocycles. The van der Waals surface area contributed by atoms with E-state index in [0.29, 0.717) is 11.8 Å². The maximum atomic E-state index is 11.9. The lowest BCUT2D eigenvalue weighted by Crippen LogP contribution is -2.13. The third-order valence-corrected chi connectivity index (χ3v) is 4.79. The molecule has 126 valence electrons. The van der Waals surface area contributed by atoms with Crippen LogP contribution in [0.3, 0.4) is 0 Å². The molecule has 1 amide bonds. The quantitative estimate of drug-likeness (QED) is 0.701. The fraction of sp³-hybridized carbons (Fsp3) is 0.571. The molecule has 23 heavy (non-hydrogen) atoms. The van der Waals surface area contributed by atoms with E-state index in [9.17, 15) is 4.79 Å². The number of anilines is 2. The zero-order chi connectivity index (χ0) is 16.8. The Bertz CT molecular complexity index is 639. The summed E-state index contributed by atoms with van der Waals surface area (Å²) < 4.78 is 5.84. The molecule has 2 heterocycles. The number of aromatic nitrogens is 3. The van der Waals surface area contributed by atoms with Crippen LogP contribution in [0.4, 0.5) is 11.0 Å². The molecule has 2 aromatic rings. The molecule has 0 unspecified atom stereocenters. The molecule has 0 fully saturated rings. The molecule has 0 bridgehead atoms. The number of amides is 1. The van der Waals surface area contributed by atoms with Gasteiger partial charge in [0.25, 0.3) is 0 Å². The largest absolute Gasteiger partial charge is 0.360 e. The second kappa shape index (κ2) is 8.30. The Morgan fingerprint density at radius 2 is 2.13 bits per heavy atom. The van der Waals surface area contributed by atoms with E-state index in [1.807, 2.05) is 13.8 Å². The van der Waals surface area contributed by atoms with Gasteiger partial charge in [0.2, 0.25) is 16.9 Å². The molecule has 0 spiro atoms. The smallest absolute Gasteiger partial charge is 0.237 e. The molecule has 0 saturated carbocycles. The van der Waals surface area contributed by atoms with E-state index in [4.69, 9.17) is 4.52 Å². The van der Waals surface area contributed by atoms with Crippen molar-refractivity contribution in [3.8, 4) is 0 Å². The lowest BCUT2D eigenvalue weighted by Gasteiger charge is -2.03. The summed E-state index contributed by atoms with van der Waals surface area (Å²) in [5.41, 5.74) is 0.818. The highest BCUT2D eigenvalue weighted by Gasteiger charge is 2.12. The number of hydrogen-bond acceptors (Lipinski definition) is 8. The highest BCUT2D eigenvalue weighted by molar-refractivity contribution is 8.01. The zero-order valence-electron chi connectivity index (χ0n) is 13.6. The van der Waals surface area contributed by atoms with Crippen LogP contribution in [0.2, 0.25) is 0 Å². The van der Waals surface area contributed by atoms with Gasteiger partial charge in [-0.3, -0.25) is 10.1 Å². The van der Waals surface area contributed by atoms with Crippen molar-refractivity contribution in [1.29, 1.82) is 0 Å². The molecule has 0 aliphatic heterocycles. The molecule has 0 aliphatic carbocycles. The summed E-state index contributed by atoms with van der Waals surface area (Å²) in [5.74, 6) is 1.26. The van der Waals surface area contributed by atoms with Crippen molar-refractivity contribution in [3.63, 3.8) is 0 Å². The Hall–Kier alpha value is -1.61. The molecule has 9 heteroatoms. The molecular weight excluding hydrogens is 334 g/mol. The van der Waals surface area contributed by atoms with Crippen LogP contribution in [0.15, 0.2) is 14.9 Å². The Morgan fingerprint density at radius 1 is 1.35 bits per heavy atom. The van der Waals surface area contributed by atoms with Crippen molar-refractivity contribution in [2.45, 2.75) is 38.0 Å². The molecule has 2 aromatic heterocycles. The van der Waals surface area contributed by atoms with Crippen LogP contribution >= 0.6 is 23.1 Å². The monoisotopic (exact) mass is 355 g/mol. The van der Waals surface area contributed by atoms with Gasteiger partial charge >= 0.3 is 0 Å². The van der Waals surface area contributed by atoms with Gasteiger partial charge < -0.3 is 9.84 Å². The van der Waals surface area contributed by atoms with Crippen molar-refractivity contribution in [1.82, 2.24) is 15.4 Å². The summed E-state index contributed by atoms with van der Waals surface area (Å²) in [7, 11) is 0. The Labute approximate surface area is 143 Å². The first-order valence-corrected chi connectivity index (χ1v) is 9.21. The van der Waals surface area contributed by atoms with Gasteiger partial charge in [0.1, 0.15) is 0 Å². The number of carbonyl (C=O) groups excluding carboxylic acids is 1. The van der Waals surface area contributed by atoms with Gasteiger partial charge in [-0.2, -0.15) is 0 Å². The fourth-order valence-electron chi connectivity index (χ4n) is 1.55. The second-order valence-corrected chi connectivity index (χ2v) is 7.96. The SMILES string of the molecule is CC(C)CNc1nnc(SCC(=O)Nc2cc(C(C)C)no2)s1. The van der Waals surface area contributed by atoms with Crippen molar-refractivity contribution < 1.29 is 9.32 Å². The van der Waals surface area contributed by atoms with Crippen molar-refractivity contribution in [2.24, 2.45) is 5.92 Å². The second-order valence-electron chi connectivity index (χ2n) is 5.76. The standard InChI is InChI=1S/C14H21N5O2S2/c1-8(2)6-15-13-17-18-14(23-13)22-7-11(20)16-12-5-10(9(3)4)19-21-12/h5,8-9H,6-7H2,1-4H3,(H,15,17)(H,16,20). The Balaban J connectivity index is 1.77. The number of rotatable bonds is 8. The van der Waals surface area contributed by atoms with E-state index in [-0.39, 0.29) is 17.6 Å². The first-order chi connectivity index (χ1) is 10.9. The summed E-state index contributed by atoms with van der Waals surface area (Å²) in [4.78, 5) is 11.9. The van der Waals surface area contributed by atoms with E-state index < -0.39 is 0 Å². The van der Waals surface area contributed by atoms with Gasteiger partial charge in [-0.15, -0.1) is 10.2 Å². The predicted octanol–water partition coefficient (Wildman–Crippen LogP) is 3.45. The van der Waals surface area contributed by atoms with E-state index in [1.54, 1.807) is 6.07 Å². The highest BCUT2D eigenvalue weighted by Crippen LogP contribution is 2.26. The number of carbonyl (C=O) groups is 1. The highest BCUT2D eigenvalue weighted by atomic mass is 32.2. The van der Waals surface area contributed by atoms with Crippen LogP contribution in [0.25, 0.3) is 0 Å². The minimum Gasteiger partial charge on any atom is -0.360 e. The van der Waals surface area contributed by atoms with Crippen molar-refractivity contribution >= 4 is 40.0 Å². The fourth-order valence-corrected chi connectivity index (χ4v) is 3.11. The van der Waals surface area contributed by atoms with E-state index in [1.165, 1.54) is 23.1 Å². The van der Waals surface area contributed by atoms with E-state index in [0.717, 1.165) is 21.7 Å². The van der Waals surface area contributed by atoms with Crippen LogP contribution in [-0.4, -0.2) is 33.6 Å². The number of hydrogen-bond donors (Lipinski definition) is 2. The molecule has 2 rings (SSSR count). The zero-order valence-corrected chi connectivity index (χ0v) is 15.3. The van der Waals surface area contributed by atoms with Gasteiger partial charge in [0.05, 0.1) is 11.4 Å². The van der Waals surface area contributed by atoms with E-state index >= 15 is 0 Å². The lowest BCUT2D eigenvalue weighted by atomic mass is 10.1. The lowest BCUT2D eigenvalue weighted by molar-refractivity contribution is -0.113. The minimum atomic E-state index is -0.159. The van der Waals surface area contributed by atoms with Gasteiger partial charge in [0, 0.05) is 12.6 Å². The van der Waals surface area contributed by atoms with Crippen molar-refractivity contribution in [2.75, 3.05) is 22.9 Å². The molecule has 2 N–H and O–H groups in total. The van der Waals surface area contributed by atoms with Crippen LogP contribution in [-0.2, 0) is 4.79 Å². The maximum Gasteiger partial charge on any atom is 0.237 e. The van der Waals surface area contributed by atoms with Gasteiger partial charge in [0.15, 0.2) is 4.34 Å². The number of nitrogens with one attached hydrogen (secondary N) is 2. The van der Waals surface area contributed by atoms with Crippen LogP contribution in [0, 0.1) is 5.92 Å². The Kier molecular flexibility index (Phi) is 6.40. The average molecular weight is 355 g/mol. The maximum absolute atomic E-state index is 11.9. The molecule has 0 saturated heterocycles. The summed E-state index contributed by atoms with van der Waals surface area (Å²) in [6.07, 6.45) is 0. The molecular formula is C14H21N5O2S2. The van der Waals surface area contributed by atoms with Gasteiger partial charge in [-0.25, -0.2) is 0 Å². The minimum absolute atomic E-state index is 0.159. The Morgan fingerprint density at radius 3 is 2.78 bits per heavy atom. The van der Waals surface area contributed by atoms with Crippen LogP contribution in [0.1, 0.15) is 39.3 Å². The van der Waals surface area contributed by atoms with Gasteiger partial charge in [-0.1, -0.05) is 56.0 Å². The summed E-state index contributed by atoms with van der Waals surface area (Å²) >= 11 is 2.79.